The second kappa shape index (κ2) is 8.52. The average molecular weight is 458 g/mol. The standard InChI is InChI=1S/C27H27N3O2S/c1-16-7-8-24-22(13-16)21(18(3)28-24)14-26(31)29-23-6-4-5-20(17(23)2)27(32)30-11-9-25-19(15-30)10-12-33-25/h4-8,10,12-13,28H,9,11,14-15H2,1-3H3,(H,29,31). The minimum atomic E-state index is -0.0888. The number of fused-ring (bicyclic) bond motifs is 2. The maximum absolute atomic E-state index is 13.3. The molecule has 0 bridgehead atoms. The van der Waals surface area contributed by atoms with Crippen LogP contribution in [0.5, 0.6) is 0 Å². The van der Waals surface area contributed by atoms with Crippen LogP contribution in [-0.2, 0) is 24.2 Å². The number of hydrogen-bond acceptors (Lipinski definition) is 3. The van der Waals surface area contributed by atoms with Crippen molar-refractivity contribution < 1.29 is 9.59 Å². The number of carbonyl (C=O) groups excluding carboxylic acids is 2. The van der Waals surface area contributed by atoms with E-state index in [0.29, 0.717) is 17.8 Å². The van der Waals surface area contributed by atoms with Gasteiger partial charge in [-0.25, -0.2) is 0 Å². The molecule has 33 heavy (non-hydrogen) atoms. The van der Waals surface area contributed by atoms with E-state index in [2.05, 4.69) is 46.9 Å². The molecule has 1 aliphatic rings. The fraction of sp³-hybridized carbons (Fsp3) is 0.259. The molecule has 5 rings (SSSR count). The second-order valence-electron chi connectivity index (χ2n) is 8.83. The molecule has 2 aromatic heterocycles. The van der Waals surface area contributed by atoms with Crippen LogP contribution in [0.2, 0.25) is 0 Å². The Hall–Kier alpha value is -3.38. The van der Waals surface area contributed by atoms with E-state index in [1.54, 1.807) is 11.3 Å². The predicted molar refractivity (Wildman–Crippen MR) is 134 cm³/mol. The predicted octanol–water partition coefficient (Wildman–Crippen LogP) is 5.53. The molecule has 0 saturated carbocycles. The van der Waals surface area contributed by atoms with E-state index in [4.69, 9.17) is 0 Å². The molecule has 2 N–H and O–H groups in total. The monoisotopic (exact) mass is 457 g/mol. The highest BCUT2D eigenvalue weighted by molar-refractivity contribution is 7.10. The average Bonchev–Trinajstić information content (AvgIpc) is 3.38. The topological polar surface area (TPSA) is 65.2 Å². The molecule has 6 heteroatoms. The number of anilines is 1. The van der Waals surface area contributed by atoms with Crippen molar-refractivity contribution in [2.45, 2.75) is 40.2 Å². The van der Waals surface area contributed by atoms with Gasteiger partial charge >= 0.3 is 0 Å². The number of rotatable bonds is 4. The number of nitrogens with zero attached hydrogens (tertiary/aromatic N) is 1. The van der Waals surface area contributed by atoms with Crippen molar-refractivity contribution in [1.82, 2.24) is 9.88 Å². The van der Waals surface area contributed by atoms with E-state index in [0.717, 1.165) is 46.3 Å². The molecule has 5 nitrogen and oxygen atoms in total. The van der Waals surface area contributed by atoms with Crippen LogP contribution in [0.3, 0.4) is 0 Å². The first-order valence-electron chi connectivity index (χ1n) is 11.2. The summed E-state index contributed by atoms with van der Waals surface area (Å²) in [6.45, 7) is 7.33. The van der Waals surface area contributed by atoms with Gasteiger partial charge in [0.25, 0.3) is 5.91 Å². The summed E-state index contributed by atoms with van der Waals surface area (Å²) in [6, 6.07) is 13.9. The Morgan fingerprint density at radius 3 is 2.82 bits per heavy atom. The lowest BCUT2D eigenvalue weighted by Gasteiger charge is -2.28. The third-order valence-corrected chi connectivity index (χ3v) is 7.57. The van der Waals surface area contributed by atoms with Crippen LogP contribution < -0.4 is 5.32 Å². The third-order valence-electron chi connectivity index (χ3n) is 6.55. The number of aromatic amines is 1. The van der Waals surface area contributed by atoms with Gasteiger partial charge in [-0.3, -0.25) is 9.59 Å². The largest absolute Gasteiger partial charge is 0.358 e. The normalized spacial score (nSPS) is 13.2. The Kier molecular flexibility index (Phi) is 5.54. The molecule has 0 spiro atoms. The highest BCUT2D eigenvalue weighted by atomic mass is 32.1. The van der Waals surface area contributed by atoms with Gasteiger partial charge < -0.3 is 15.2 Å². The summed E-state index contributed by atoms with van der Waals surface area (Å²) in [4.78, 5) is 32.9. The van der Waals surface area contributed by atoms with Crippen molar-refractivity contribution in [3.05, 3.63) is 86.2 Å². The molecular weight excluding hydrogens is 430 g/mol. The molecule has 168 valence electrons. The second-order valence-corrected chi connectivity index (χ2v) is 9.83. The number of amides is 2. The fourth-order valence-corrected chi connectivity index (χ4v) is 5.56. The highest BCUT2D eigenvalue weighted by Gasteiger charge is 2.24. The van der Waals surface area contributed by atoms with Crippen LogP contribution in [-0.4, -0.2) is 28.2 Å². The number of nitrogens with one attached hydrogen (secondary N) is 2. The highest BCUT2D eigenvalue weighted by Crippen LogP contribution is 2.28. The van der Waals surface area contributed by atoms with Crippen LogP contribution in [0.1, 0.15) is 43.2 Å². The van der Waals surface area contributed by atoms with Gasteiger partial charge in [0.2, 0.25) is 5.91 Å². The van der Waals surface area contributed by atoms with Crippen molar-refractivity contribution in [2.75, 3.05) is 11.9 Å². The van der Waals surface area contributed by atoms with Gasteiger partial charge in [0.1, 0.15) is 0 Å². The van der Waals surface area contributed by atoms with Gasteiger partial charge in [0.15, 0.2) is 0 Å². The summed E-state index contributed by atoms with van der Waals surface area (Å²) in [5.41, 5.74) is 7.60. The Balaban J connectivity index is 1.34. The lowest BCUT2D eigenvalue weighted by molar-refractivity contribution is -0.115. The molecule has 3 heterocycles. The number of hydrogen-bond donors (Lipinski definition) is 2. The van der Waals surface area contributed by atoms with Crippen LogP contribution in [0.15, 0.2) is 47.8 Å². The van der Waals surface area contributed by atoms with Crippen LogP contribution in [0.4, 0.5) is 5.69 Å². The van der Waals surface area contributed by atoms with Crippen LogP contribution in [0.25, 0.3) is 10.9 Å². The Morgan fingerprint density at radius 1 is 1.12 bits per heavy atom. The van der Waals surface area contributed by atoms with E-state index in [9.17, 15) is 9.59 Å². The van der Waals surface area contributed by atoms with Gasteiger partial charge in [-0.1, -0.05) is 17.7 Å². The molecule has 0 atom stereocenters. The maximum Gasteiger partial charge on any atom is 0.254 e. The van der Waals surface area contributed by atoms with Crippen LogP contribution in [0, 0.1) is 20.8 Å². The molecule has 4 aromatic rings. The quantitative estimate of drug-likeness (QED) is 0.423. The minimum Gasteiger partial charge on any atom is -0.358 e. The van der Waals surface area contributed by atoms with Crippen molar-refractivity contribution in [2.24, 2.45) is 0 Å². The van der Waals surface area contributed by atoms with Crippen LogP contribution >= 0.6 is 11.3 Å². The summed E-state index contributed by atoms with van der Waals surface area (Å²) < 4.78 is 0. The number of benzene rings is 2. The molecule has 1 aliphatic heterocycles. The minimum absolute atomic E-state index is 0.0170. The molecule has 0 saturated heterocycles. The summed E-state index contributed by atoms with van der Waals surface area (Å²) in [7, 11) is 0. The molecular formula is C27H27N3O2S. The van der Waals surface area contributed by atoms with Gasteiger partial charge in [0, 0.05) is 45.8 Å². The van der Waals surface area contributed by atoms with Crippen molar-refractivity contribution in [3.8, 4) is 0 Å². The molecule has 0 aliphatic carbocycles. The lowest BCUT2D eigenvalue weighted by atomic mass is 10.0. The van der Waals surface area contributed by atoms with E-state index in [1.165, 1.54) is 10.4 Å². The number of aryl methyl sites for hydroxylation is 2. The summed E-state index contributed by atoms with van der Waals surface area (Å²) in [5, 5.41) is 6.22. The number of aromatic nitrogens is 1. The van der Waals surface area contributed by atoms with E-state index in [-0.39, 0.29) is 18.2 Å². The maximum atomic E-state index is 13.3. The molecule has 0 unspecified atom stereocenters. The molecule has 0 radical (unpaired) electrons. The number of carbonyl (C=O) groups is 2. The smallest absolute Gasteiger partial charge is 0.254 e. The Bertz CT molecular complexity index is 1380. The lowest BCUT2D eigenvalue weighted by Crippen LogP contribution is -2.35. The third kappa shape index (κ3) is 4.07. The fourth-order valence-electron chi connectivity index (χ4n) is 4.67. The molecule has 2 amide bonds. The van der Waals surface area contributed by atoms with E-state index < -0.39 is 0 Å². The number of thiophene rings is 1. The summed E-state index contributed by atoms with van der Waals surface area (Å²) >= 11 is 1.76. The zero-order valence-electron chi connectivity index (χ0n) is 19.1. The molecule has 0 fully saturated rings. The first-order valence-corrected chi connectivity index (χ1v) is 12.1. The first-order chi connectivity index (χ1) is 15.9. The van der Waals surface area contributed by atoms with E-state index >= 15 is 0 Å². The molecule has 2 aromatic carbocycles. The van der Waals surface area contributed by atoms with Gasteiger partial charge in [0.05, 0.1) is 6.42 Å². The van der Waals surface area contributed by atoms with Gasteiger partial charge in [-0.2, -0.15) is 0 Å². The zero-order valence-corrected chi connectivity index (χ0v) is 19.9. The zero-order chi connectivity index (χ0) is 23.1. The first kappa shape index (κ1) is 21.5. The Labute approximate surface area is 197 Å². The van der Waals surface area contributed by atoms with Gasteiger partial charge in [-0.05, 0) is 79.6 Å². The Morgan fingerprint density at radius 2 is 1.97 bits per heavy atom. The summed E-state index contributed by atoms with van der Waals surface area (Å²) in [6.07, 6.45) is 1.18. The SMILES string of the molecule is Cc1ccc2[nH]c(C)c(CC(=O)Nc3cccc(C(=O)N4CCc5sccc5C4)c3C)c2c1. The van der Waals surface area contributed by atoms with Gasteiger partial charge in [-0.15, -0.1) is 11.3 Å². The van der Waals surface area contributed by atoms with Crippen molar-refractivity contribution in [1.29, 1.82) is 0 Å². The van der Waals surface area contributed by atoms with E-state index in [1.807, 2.05) is 36.9 Å². The number of H-pyrrole nitrogens is 1. The van der Waals surface area contributed by atoms with Crippen molar-refractivity contribution in [3.63, 3.8) is 0 Å². The van der Waals surface area contributed by atoms with Crippen molar-refractivity contribution >= 4 is 39.7 Å². The summed E-state index contributed by atoms with van der Waals surface area (Å²) in [5.74, 6) is -0.0718.